The van der Waals surface area contributed by atoms with Crippen LogP contribution in [0.15, 0.2) is 72.5 Å². The first-order valence-corrected chi connectivity index (χ1v) is 12.6. The average molecular weight is 496 g/mol. The molecule has 2 heterocycles. The molecule has 7 heteroatoms. The van der Waals surface area contributed by atoms with Crippen LogP contribution in [0.2, 0.25) is 5.15 Å². The highest BCUT2D eigenvalue weighted by Gasteiger charge is 2.52. The molecular weight excluding hydrogens is 462 g/mol. The number of hydrogen-bond acceptors (Lipinski definition) is 4. The first kappa shape index (κ1) is 25.4. The molecular formula is C28H34ClN3O3. The van der Waals surface area contributed by atoms with Gasteiger partial charge in [-0.2, -0.15) is 0 Å². The number of rotatable bonds is 9. The number of pyridine rings is 1. The molecule has 2 amide bonds. The third-order valence-electron chi connectivity index (χ3n) is 6.95. The number of likely N-dealkylation sites (tertiary alicyclic amines) is 1. The summed E-state index contributed by atoms with van der Waals surface area (Å²) in [5.74, 6) is 0.143. The number of benzene rings is 1. The van der Waals surface area contributed by atoms with E-state index < -0.39 is 6.29 Å². The van der Waals surface area contributed by atoms with Crippen LogP contribution < -0.4 is 5.32 Å². The second-order valence-corrected chi connectivity index (χ2v) is 9.64. The van der Waals surface area contributed by atoms with Gasteiger partial charge >= 0.3 is 6.03 Å². The van der Waals surface area contributed by atoms with Gasteiger partial charge < -0.3 is 19.7 Å². The molecule has 186 valence electrons. The summed E-state index contributed by atoms with van der Waals surface area (Å²) in [7, 11) is 1.63. The summed E-state index contributed by atoms with van der Waals surface area (Å²) in [5, 5.41) is 3.65. The zero-order chi connectivity index (χ0) is 24.8. The number of hydrogen-bond donors (Lipinski definition) is 1. The number of amides is 2. The van der Waals surface area contributed by atoms with E-state index in [1.807, 2.05) is 54.3 Å². The lowest BCUT2D eigenvalue weighted by atomic mass is 9.76. The molecule has 5 atom stereocenters. The summed E-state index contributed by atoms with van der Waals surface area (Å²) in [6, 6.07) is 13.4. The number of nitrogens with zero attached hydrogens (tertiary/aromatic N) is 2. The van der Waals surface area contributed by atoms with Crippen LogP contribution in [0, 0.1) is 5.92 Å². The maximum atomic E-state index is 13.5. The van der Waals surface area contributed by atoms with Crippen molar-refractivity contribution in [2.75, 3.05) is 7.11 Å². The van der Waals surface area contributed by atoms with Gasteiger partial charge in [-0.25, -0.2) is 9.78 Å². The molecule has 1 N–H and O–H groups in total. The lowest BCUT2D eigenvalue weighted by Gasteiger charge is -2.56. The molecule has 1 aliphatic carbocycles. The number of allylic oxidation sites excluding steroid dienone is 2. The third kappa shape index (κ3) is 6.13. The molecule has 1 aromatic carbocycles. The van der Waals surface area contributed by atoms with Crippen LogP contribution in [0.4, 0.5) is 4.79 Å². The Morgan fingerprint density at radius 1 is 1.23 bits per heavy atom. The highest BCUT2D eigenvalue weighted by molar-refractivity contribution is 6.29. The molecule has 2 aliphatic rings. The van der Waals surface area contributed by atoms with Crippen LogP contribution in [0.3, 0.4) is 0 Å². The van der Waals surface area contributed by atoms with Gasteiger partial charge in [-0.3, -0.25) is 0 Å². The molecule has 6 nitrogen and oxygen atoms in total. The Hall–Kier alpha value is -2.67. The predicted octanol–water partition coefficient (Wildman–Crippen LogP) is 5.53. The molecule has 4 rings (SSSR count). The van der Waals surface area contributed by atoms with Crippen molar-refractivity contribution < 1.29 is 14.3 Å². The van der Waals surface area contributed by atoms with E-state index in [-0.39, 0.29) is 30.1 Å². The average Bonchev–Trinajstić information content (AvgIpc) is 2.88. The number of halogens is 1. The highest BCUT2D eigenvalue weighted by Crippen LogP contribution is 2.39. The number of aromatic nitrogens is 1. The van der Waals surface area contributed by atoms with Crippen LogP contribution in [-0.2, 0) is 22.5 Å². The van der Waals surface area contributed by atoms with Crippen molar-refractivity contribution in [1.82, 2.24) is 15.2 Å². The van der Waals surface area contributed by atoms with Gasteiger partial charge in [0.2, 0.25) is 0 Å². The van der Waals surface area contributed by atoms with E-state index in [0.717, 1.165) is 36.0 Å². The molecule has 2 aromatic rings. The molecule has 35 heavy (non-hydrogen) atoms. The topological polar surface area (TPSA) is 63.7 Å². The summed E-state index contributed by atoms with van der Waals surface area (Å²) in [4.78, 5) is 19.4. The van der Waals surface area contributed by atoms with E-state index in [0.29, 0.717) is 11.8 Å². The Kier molecular flexibility index (Phi) is 8.60. The predicted molar refractivity (Wildman–Crippen MR) is 138 cm³/mol. The molecule has 1 aliphatic heterocycles. The van der Waals surface area contributed by atoms with Gasteiger partial charge in [0.05, 0.1) is 18.7 Å². The van der Waals surface area contributed by atoms with Crippen molar-refractivity contribution >= 4 is 17.6 Å². The minimum Gasteiger partial charge on any atom is -0.354 e. The standard InChI is InChI=1S/C28H34ClN3O3/c1-19(23-12-8-5-9-13-23)31-28(33)32-20(2)24(16-22-14-15-30-25(29)17-22)26(32)27(34-3)35-18-21-10-6-4-7-11-21/h4,6-8,10-15,17,19-20,24,26-27H,5,9,16,18H2,1-3H3,(H,31,33)/t19-,20?,24+,26?,27?/m1/s1. The van der Waals surface area contributed by atoms with E-state index in [1.165, 1.54) is 0 Å². The zero-order valence-electron chi connectivity index (χ0n) is 20.6. The van der Waals surface area contributed by atoms with Gasteiger partial charge in [-0.1, -0.05) is 60.2 Å². The number of carbonyl (C=O) groups is 1. The van der Waals surface area contributed by atoms with Gasteiger partial charge in [0.25, 0.3) is 0 Å². The van der Waals surface area contributed by atoms with E-state index >= 15 is 0 Å². The van der Waals surface area contributed by atoms with Gasteiger partial charge in [-0.05, 0) is 61.9 Å². The summed E-state index contributed by atoms with van der Waals surface area (Å²) >= 11 is 6.13. The monoisotopic (exact) mass is 495 g/mol. The van der Waals surface area contributed by atoms with E-state index in [1.54, 1.807) is 13.3 Å². The van der Waals surface area contributed by atoms with Crippen molar-refractivity contribution in [3.63, 3.8) is 0 Å². The Bertz CT molecular complexity index is 1060. The summed E-state index contributed by atoms with van der Waals surface area (Å²) in [6.07, 6.45) is 10.4. The Labute approximate surface area is 213 Å². The van der Waals surface area contributed by atoms with Crippen molar-refractivity contribution in [2.45, 2.75) is 64.1 Å². The fourth-order valence-corrected chi connectivity index (χ4v) is 5.21. The molecule has 1 saturated heterocycles. The van der Waals surface area contributed by atoms with Crippen LogP contribution in [0.1, 0.15) is 37.8 Å². The first-order valence-electron chi connectivity index (χ1n) is 12.2. The van der Waals surface area contributed by atoms with E-state index in [4.69, 9.17) is 21.1 Å². The molecule has 0 bridgehead atoms. The minimum absolute atomic E-state index is 0.00740. The maximum Gasteiger partial charge on any atom is 0.318 e. The van der Waals surface area contributed by atoms with Crippen molar-refractivity contribution in [3.8, 4) is 0 Å². The van der Waals surface area contributed by atoms with Crippen LogP contribution >= 0.6 is 11.6 Å². The fourth-order valence-electron chi connectivity index (χ4n) is 5.01. The van der Waals surface area contributed by atoms with Crippen molar-refractivity contribution in [3.05, 3.63) is 88.7 Å². The highest BCUT2D eigenvalue weighted by atomic mass is 35.5. The number of carbonyl (C=O) groups excluding carboxylic acids is 1. The number of methoxy groups -OCH3 is 1. The lowest BCUT2D eigenvalue weighted by Crippen LogP contribution is -2.71. The number of nitrogens with one attached hydrogen (secondary N) is 1. The molecule has 0 saturated carbocycles. The SMILES string of the molecule is COC(OCc1ccccc1)C1[C@@H](Cc2ccnc(Cl)c2)C(C)N1C(=O)N[C@H](C)C1=CCCC=C1. The first-order chi connectivity index (χ1) is 17.0. The van der Waals surface area contributed by atoms with Crippen molar-refractivity contribution in [1.29, 1.82) is 0 Å². The summed E-state index contributed by atoms with van der Waals surface area (Å²) in [5.41, 5.74) is 3.27. The lowest BCUT2D eigenvalue weighted by molar-refractivity contribution is -0.213. The molecule has 1 fully saturated rings. The maximum absolute atomic E-state index is 13.5. The Balaban J connectivity index is 1.51. The largest absolute Gasteiger partial charge is 0.354 e. The Morgan fingerprint density at radius 2 is 2.03 bits per heavy atom. The number of ether oxygens (including phenoxy) is 2. The fraction of sp³-hybridized carbons (Fsp3) is 0.429. The molecule has 0 spiro atoms. The van der Waals surface area contributed by atoms with Gasteiger partial charge in [0.15, 0.2) is 6.29 Å². The zero-order valence-corrected chi connectivity index (χ0v) is 21.3. The van der Waals surface area contributed by atoms with Crippen LogP contribution in [-0.4, -0.2) is 47.4 Å². The van der Waals surface area contributed by atoms with Crippen molar-refractivity contribution in [2.24, 2.45) is 5.92 Å². The molecule has 0 radical (unpaired) electrons. The quantitative estimate of drug-likeness (QED) is 0.367. The van der Waals surface area contributed by atoms with E-state index in [9.17, 15) is 4.79 Å². The van der Waals surface area contributed by atoms with Crippen LogP contribution in [0.5, 0.6) is 0 Å². The smallest absolute Gasteiger partial charge is 0.318 e. The van der Waals surface area contributed by atoms with Gasteiger partial charge in [0, 0.05) is 25.3 Å². The third-order valence-corrected chi connectivity index (χ3v) is 7.15. The molecule has 1 aromatic heterocycles. The summed E-state index contributed by atoms with van der Waals surface area (Å²) < 4.78 is 12.0. The van der Waals surface area contributed by atoms with E-state index in [2.05, 4.69) is 35.5 Å². The Morgan fingerprint density at radius 3 is 2.71 bits per heavy atom. The summed E-state index contributed by atoms with van der Waals surface area (Å²) in [6.45, 7) is 4.51. The minimum atomic E-state index is -0.566. The van der Waals surface area contributed by atoms with Gasteiger partial charge in [-0.15, -0.1) is 0 Å². The van der Waals surface area contributed by atoms with Gasteiger partial charge in [0.1, 0.15) is 5.15 Å². The molecule has 3 unspecified atom stereocenters. The van der Waals surface area contributed by atoms with Crippen LogP contribution in [0.25, 0.3) is 0 Å². The second kappa shape index (κ2) is 11.8. The normalized spacial score (nSPS) is 23.3. The number of urea groups is 1. The second-order valence-electron chi connectivity index (χ2n) is 9.25.